The number of nitriles is 1. The molecule has 0 amide bonds. The van der Waals surface area contributed by atoms with Gasteiger partial charge in [0, 0.05) is 26.9 Å². The fraction of sp³-hybridized carbons (Fsp3) is 0.381. The van der Waals surface area contributed by atoms with Gasteiger partial charge in [0.2, 0.25) is 0 Å². The zero-order chi connectivity index (χ0) is 18.8. The summed E-state index contributed by atoms with van der Waals surface area (Å²) >= 11 is 3.50. The van der Waals surface area contributed by atoms with E-state index in [1.165, 1.54) is 11.3 Å². The Morgan fingerprint density at radius 2 is 2.11 bits per heavy atom. The summed E-state index contributed by atoms with van der Waals surface area (Å²) in [4.78, 5) is 0. The molecule has 2 aromatic heterocycles. The van der Waals surface area contributed by atoms with Crippen LogP contribution in [0.15, 0.2) is 39.5 Å². The van der Waals surface area contributed by atoms with Gasteiger partial charge in [-0.15, -0.1) is 0 Å². The van der Waals surface area contributed by atoms with Gasteiger partial charge in [-0.2, -0.15) is 10.4 Å². The Labute approximate surface area is 166 Å². The summed E-state index contributed by atoms with van der Waals surface area (Å²) in [5.74, 6) is 1.76. The van der Waals surface area contributed by atoms with Crippen LogP contribution in [0.4, 0.5) is 0 Å². The molecule has 0 spiro atoms. The first-order valence-corrected chi connectivity index (χ1v) is 10.0. The maximum atomic E-state index is 9.70. The van der Waals surface area contributed by atoms with Crippen molar-refractivity contribution in [3.63, 3.8) is 0 Å². The average Bonchev–Trinajstić information content (AvgIpc) is 3.27. The molecule has 1 aromatic carbocycles. The van der Waals surface area contributed by atoms with E-state index in [9.17, 15) is 5.26 Å². The molecule has 6 heteroatoms. The number of hydrogen-bond acceptors (Lipinski definition) is 4. The Bertz CT molecular complexity index is 1070. The molecule has 5 rings (SSSR count). The maximum absolute atomic E-state index is 9.70. The summed E-state index contributed by atoms with van der Waals surface area (Å²) in [5.41, 5.74) is 4.89. The predicted octanol–water partition coefficient (Wildman–Crippen LogP) is 4.67. The van der Waals surface area contributed by atoms with E-state index in [0.29, 0.717) is 17.5 Å². The molecule has 0 unspecified atom stereocenters. The van der Waals surface area contributed by atoms with Crippen molar-refractivity contribution in [2.45, 2.75) is 44.4 Å². The normalized spacial score (nSPS) is 26.0. The standard InChI is InChI=1S/C21H19BrN4O/c1-12-17-8-7-16-18(10-23)25-26(15-5-3-14(22)4-6-15)20(16)21(17,2)9-13-11-24-27-19(12)13/h3-6,11-12,17H,7-9H2,1-2H3/t12-,17-,21-/m1/s1. The van der Waals surface area contributed by atoms with Gasteiger partial charge in [0.1, 0.15) is 11.8 Å². The molecule has 0 saturated heterocycles. The van der Waals surface area contributed by atoms with E-state index in [0.717, 1.165) is 40.7 Å². The van der Waals surface area contributed by atoms with Crippen LogP contribution in [-0.2, 0) is 18.3 Å². The Hall–Kier alpha value is -2.39. The van der Waals surface area contributed by atoms with Gasteiger partial charge in [-0.05, 0) is 49.4 Å². The summed E-state index contributed by atoms with van der Waals surface area (Å²) in [7, 11) is 0. The Morgan fingerprint density at radius 3 is 2.85 bits per heavy atom. The van der Waals surface area contributed by atoms with Crippen molar-refractivity contribution >= 4 is 15.9 Å². The third kappa shape index (κ3) is 2.28. The van der Waals surface area contributed by atoms with Crippen molar-refractivity contribution in [3.8, 4) is 11.8 Å². The smallest absolute Gasteiger partial charge is 0.166 e. The van der Waals surface area contributed by atoms with Crippen molar-refractivity contribution in [2.75, 3.05) is 0 Å². The molecule has 5 nitrogen and oxygen atoms in total. The van der Waals surface area contributed by atoms with Crippen LogP contribution in [0.25, 0.3) is 5.69 Å². The van der Waals surface area contributed by atoms with E-state index in [4.69, 9.17) is 9.62 Å². The number of aromatic nitrogens is 3. The highest BCUT2D eigenvalue weighted by atomic mass is 79.9. The zero-order valence-electron chi connectivity index (χ0n) is 15.2. The molecule has 136 valence electrons. The number of nitrogens with zero attached hydrogens (tertiary/aromatic N) is 4. The highest BCUT2D eigenvalue weighted by molar-refractivity contribution is 9.10. The minimum Gasteiger partial charge on any atom is -0.361 e. The Kier molecular flexibility index (Phi) is 3.60. The summed E-state index contributed by atoms with van der Waals surface area (Å²) in [6.07, 6.45) is 4.63. The lowest BCUT2D eigenvalue weighted by molar-refractivity contribution is 0.170. The second-order valence-electron chi connectivity index (χ2n) is 7.92. The molecule has 27 heavy (non-hydrogen) atoms. The lowest BCUT2D eigenvalue weighted by Gasteiger charge is -2.47. The molecular weight excluding hydrogens is 404 g/mol. The lowest BCUT2D eigenvalue weighted by Crippen LogP contribution is -2.45. The van der Waals surface area contributed by atoms with Crippen molar-refractivity contribution in [2.24, 2.45) is 5.92 Å². The first kappa shape index (κ1) is 16.8. The van der Waals surface area contributed by atoms with Gasteiger partial charge in [0.15, 0.2) is 5.69 Å². The number of rotatable bonds is 1. The zero-order valence-corrected chi connectivity index (χ0v) is 16.8. The van der Waals surface area contributed by atoms with Crippen molar-refractivity contribution in [3.05, 3.63) is 63.2 Å². The Morgan fingerprint density at radius 1 is 1.33 bits per heavy atom. The summed E-state index contributed by atoms with van der Waals surface area (Å²) in [6.45, 7) is 4.56. The van der Waals surface area contributed by atoms with Crippen LogP contribution in [0.5, 0.6) is 0 Å². The third-order valence-corrected chi connectivity index (χ3v) is 7.00. The fourth-order valence-corrected chi connectivity index (χ4v) is 5.56. The van der Waals surface area contributed by atoms with Crippen LogP contribution in [0.1, 0.15) is 54.5 Å². The monoisotopic (exact) mass is 422 g/mol. The molecule has 3 aromatic rings. The van der Waals surface area contributed by atoms with E-state index >= 15 is 0 Å². The van der Waals surface area contributed by atoms with Crippen molar-refractivity contribution < 1.29 is 4.52 Å². The molecule has 0 radical (unpaired) electrons. The SMILES string of the molecule is C[C@H]1c2oncc2C[C@@]2(C)c3c(c(C#N)nn3-c3ccc(Br)cc3)CC[C@H]12. The molecule has 2 aliphatic carbocycles. The second kappa shape index (κ2) is 5.80. The highest BCUT2D eigenvalue weighted by Gasteiger charge is 2.51. The van der Waals surface area contributed by atoms with Crippen LogP contribution in [-0.4, -0.2) is 14.9 Å². The topological polar surface area (TPSA) is 67.6 Å². The minimum absolute atomic E-state index is 0.110. The van der Waals surface area contributed by atoms with E-state index in [1.54, 1.807) is 0 Å². The molecular formula is C21H19BrN4O. The van der Waals surface area contributed by atoms with Gasteiger partial charge in [-0.1, -0.05) is 34.9 Å². The predicted molar refractivity (Wildman–Crippen MR) is 104 cm³/mol. The molecule has 0 N–H and O–H groups in total. The fourth-order valence-electron chi connectivity index (χ4n) is 5.30. The van der Waals surface area contributed by atoms with Crippen LogP contribution in [0.3, 0.4) is 0 Å². The molecule has 0 saturated carbocycles. The van der Waals surface area contributed by atoms with Gasteiger partial charge in [0.05, 0.1) is 17.6 Å². The van der Waals surface area contributed by atoms with E-state index in [2.05, 4.69) is 41.0 Å². The van der Waals surface area contributed by atoms with Crippen molar-refractivity contribution in [1.82, 2.24) is 14.9 Å². The lowest BCUT2D eigenvalue weighted by atomic mass is 9.56. The van der Waals surface area contributed by atoms with Gasteiger partial charge < -0.3 is 4.52 Å². The van der Waals surface area contributed by atoms with Gasteiger partial charge in [-0.3, -0.25) is 0 Å². The van der Waals surface area contributed by atoms with E-state index in [-0.39, 0.29) is 5.41 Å². The number of benzene rings is 1. The quantitative estimate of drug-likeness (QED) is 0.570. The second-order valence-corrected chi connectivity index (χ2v) is 8.83. The van der Waals surface area contributed by atoms with Gasteiger partial charge in [0.25, 0.3) is 0 Å². The number of halogens is 1. The molecule has 0 fully saturated rings. The third-order valence-electron chi connectivity index (χ3n) is 6.48. The Balaban J connectivity index is 1.75. The molecule has 0 bridgehead atoms. The maximum Gasteiger partial charge on any atom is 0.166 e. The highest BCUT2D eigenvalue weighted by Crippen LogP contribution is 2.54. The van der Waals surface area contributed by atoms with Crippen LogP contribution in [0.2, 0.25) is 0 Å². The summed E-state index contributed by atoms with van der Waals surface area (Å²) < 4.78 is 8.60. The number of fused-ring (bicyclic) bond motifs is 4. The van der Waals surface area contributed by atoms with Crippen LogP contribution in [0, 0.1) is 17.2 Å². The van der Waals surface area contributed by atoms with Crippen LogP contribution >= 0.6 is 15.9 Å². The van der Waals surface area contributed by atoms with Gasteiger partial charge in [-0.25, -0.2) is 4.68 Å². The first-order valence-electron chi connectivity index (χ1n) is 9.25. The molecule has 3 atom stereocenters. The molecule has 0 aliphatic heterocycles. The summed E-state index contributed by atoms with van der Waals surface area (Å²) in [5, 5.41) is 18.5. The van der Waals surface area contributed by atoms with Crippen LogP contribution < -0.4 is 0 Å². The first-order chi connectivity index (χ1) is 13.0. The average molecular weight is 423 g/mol. The minimum atomic E-state index is -0.110. The molecule has 2 heterocycles. The van der Waals surface area contributed by atoms with Gasteiger partial charge >= 0.3 is 0 Å². The number of hydrogen-bond donors (Lipinski definition) is 0. The van der Waals surface area contributed by atoms with E-state index in [1.807, 2.05) is 35.1 Å². The molecule has 2 aliphatic rings. The van der Waals surface area contributed by atoms with Crippen molar-refractivity contribution in [1.29, 1.82) is 5.26 Å². The largest absolute Gasteiger partial charge is 0.361 e. The summed E-state index contributed by atoms with van der Waals surface area (Å²) in [6, 6.07) is 10.4. The van der Waals surface area contributed by atoms with E-state index < -0.39 is 0 Å².